The Kier molecular flexibility index (Phi) is 35.4. The number of unbranched alkanes of at least 4 members (excludes halogenated alkanes) is 12. The molecule has 0 fully saturated rings. The molecule has 11 nitrogen and oxygen atoms in total. The predicted molar refractivity (Wildman–Crippen MR) is 211 cm³/mol. The van der Waals surface area contributed by atoms with Gasteiger partial charge in [-0.2, -0.15) is 0 Å². The van der Waals surface area contributed by atoms with Gasteiger partial charge in [-0.1, -0.05) is 127 Å². The van der Waals surface area contributed by atoms with Gasteiger partial charge >= 0.3 is 19.8 Å². The minimum absolute atomic E-state index is 0.0977. The average molecular weight is 773 g/mol. The number of hydrogen-bond acceptors (Lipinski definition) is 10. The van der Waals surface area contributed by atoms with Gasteiger partial charge in [0.2, 0.25) is 0 Å². The Morgan fingerprint density at radius 3 is 1.66 bits per heavy atom. The second-order valence-electron chi connectivity index (χ2n) is 13.9. The predicted octanol–water partition coefficient (Wildman–Crippen LogP) is 8.99. The Bertz CT molecular complexity index is 1040. The van der Waals surface area contributed by atoms with Crippen LogP contribution in [0, 0.1) is 5.92 Å². The topological polar surface area (TPSA) is 169 Å². The maximum absolute atomic E-state index is 12.5. The van der Waals surface area contributed by atoms with Crippen LogP contribution in [0.3, 0.4) is 0 Å². The third kappa shape index (κ3) is 38.0. The molecule has 0 aromatic carbocycles. The maximum atomic E-state index is 12.5. The normalized spacial score (nSPS) is 14.5. The minimum atomic E-state index is -4.63. The van der Waals surface area contributed by atoms with Gasteiger partial charge < -0.3 is 29.7 Å². The number of allylic oxidation sites excluding steroid dienone is 8. The number of carbonyl (C=O) groups is 2. The van der Waals surface area contributed by atoms with Crippen molar-refractivity contribution in [2.75, 3.05) is 33.0 Å². The molecule has 1 unspecified atom stereocenters. The fourth-order valence-corrected chi connectivity index (χ4v) is 5.88. The second-order valence-corrected chi connectivity index (χ2v) is 15.3. The van der Waals surface area contributed by atoms with Gasteiger partial charge in [0.25, 0.3) is 0 Å². The van der Waals surface area contributed by atoms with Crippen LogP contribution in [0.15, 0.2) is 48.6 Å². The summed E-state index contributed by atoms with van der Waals surface area (Å²) in [5.41, 5.74) is 0. The highest BCUT2D eigenvalue weighted by Gasteiger charge is 2.27. The molecule has 0 aliphatic carbocycles. The van der Waals surface area contributed by atoms with Gasteiger partial charge in [-0.25, -0.2) is 4.57 Å². The molecule has 0 radical (unpaired) electrons. The molecule has 53 heavy (non-hydrogen) atoms. The van der Waals surface area contributed by atoms with Gasteiger partial charge in [-0.05, 0) is 63.7 Å². The summed E-state index contributed by atoms with van der Waals surface area (Å²) in [5.74, 6) is -0.238. The van der Waals surface area contributed by atoms with Crippen molar-refractivity contribution in [1.29, 1.82) is 0 Å². The zero-order valence-electron chi connectivity index (χ0n) is 32.8. The first-order valence-electron chi connectivity index (χ1n) is 20.1. The largest absolute Gasteiger partial charge is 0.472 e. The summed E-state index contributed by atoms with van der Waals surface area (Å²) in [6.07, 6.45) is 34.0. The van der Waals surface area contributed by atoms with E-state index in [1.54, 1.807) is 0 Å². The number of hydrogen-bond donors (Lipinski definition) is 4. The molecule has 0 aromatic heterocycles. The fraction of sp³-hybridized carbons (Fsp3) is 0.756. The lowest BCUT2D eigenvalue weighted by Gasteiger charge is -2.20. The molecule has 0 aliphatic rings. The summed E-state index contributed by atoms with van der Waals surface area (Å²) in [6, 6.07) is 0. The van der Waals surface area contributed by atoms with Crippen molar-refractivity contribution >= 4 is 19.8 Å². The van der Waals surface area contributed by atoms with Gasteiger partial charge in [-0.3, -0.25) is 18.6 Å². The monoisotopic (exact) mass is 772 g/mol. The Balaban J connectivity index is 4.44. The summed E-state index contributed by atoms with van der Waals surface area (Å²) in [6.45, 7) is 2.59. The number of phosphoric ester groups is 1. The fourth-order valence-electron chi connectivity index (χ4n) is 5.09. The highest BCUT2D eigenvalue weighted by atomic mass is 31.2. The minimum Gasteiger partial charge on any atom is -0.462 e. The van der Waals surface area contributed by atoms with E-state index >= 15 is 0 Å². The molecule has 4 N–H and O–H groups in total. The SMILES string of the molecule is CC(C)CCCCCCCCCCCC(=O)OC[C@H](COP(=O)(O)OC[C@@H](O)CO)OC(=O)CCC/C=C\C/C=C\C/C=C\C/C=C\CCCCCO. The van der Waals surface area contributed by atoms with Gasteiger partial charge in [0.05, 0.1) is 19.8 Å². The highest BCUT2D eigenvalue weighted by molar-refractivity contribution is 7.47. The van der Waals surface area contributed by atoms with E-state index in [2.05, 4.69) is 54.8 Å². The number of phosphoric acid groups is 1. The van der Waals surface area contributed by atoms with Crippen LogP contribution in [-0.4, -0.2) is 77.4 Å². The van der Waals surface area contributed by atoms with Gasteiger partial charge in [-0.15, -0.1) is 0 Å². The number of aliphatic hydroxyl groups excluding tert-OH is 3. The molecule has 0 aromatic rings. The summed E-state index contributed by atoms with van der Waals surface area (Å²) < 4.78 is 32.5. The number of ether oxygens (including phenoxy) is 2. The van der Waals surface area contributed by atoms with E-state index in [4.69, 9.17) is 24.2 Å². The number of carbonyl (C=O) groups excluding carboxylic acids is 2. The molecule has 0 rings (SSSR count). The lowest BCUT2D eigenvalue weighted by atomic mass is 10.0. The number of esters is 2. The van der Waals surface area contributed by atoms with Crippen LogP contribution in [0.5, 0.6) is 0 Å². The molecule has 0 spiro atoms. The first-order valence-corrected chi connectivity index (χ1v) is 21.6. The summed E-state index contributed by atoms with van der Waals surface area (Å²) >= 11 is 0. The standard InChI is InChI=1S/C41H73O11P/c1-37(2)29-25-21-17-13-12-15-18-22-26-30-40(45)49-35-39(36-51-53(47,48)50-34-38(44)33-43)52-41(46)31-27-23-19-14-10-8-6-4-3-5-7-9-11-16-20-24-28-32-42/h3,5-6,8-9,11,14,19,37-39,42-44H,4,7,10,12-13,15-18,20-36H2,1-2H3,(H,47,48)/b5-3-,8-6-,11-9-,19-14-/t38-,39+/m0/s1. The van der Waals surface area contributed by atoms with Crippen LogP contribution in [0.4, 0.5) is 0 Å². The van der Waals surface area contributed by atoms with Crippen molar-refractivity contribution in [2.24, 2.45) is 5.92 Å². The third-order valence-electron chi connectivity index (χ3n) is 8.22. The van der Waals surface area contributed by atoms with E-state index in [1.165, 1.54) is 38.5 Å². The Hall–Kier alpha value is -2.11. The molecular weight excluding hydrogens is 699 g/mol. The van der Waals surface area contributed by atoms with Crippen molar-refractivity contribution in [3.63, 3.8) is 0 Å². The van der Waals surface area contributed by atoms with Crippen LogP contribution in [-0.2, 0) is 32.7 Å². The van der Waals surface area contributed by atoms with Gasteiger partial charge in [0.15, 0.2) is 6.10 Å². The molecule has 308 valence electrons. The molecule has 0 saturated heterocycles. The smallest absolute Gasteiger partial charge is 0.462 e. The molecule has 0 amide bonds. The van der Waals surface area contributed by atoms with E-state index in [9.17, 15) is 24.2 Å². The van der Waals surface area contributed by atoms with Crippen LogP contribution >= 0.6 is 7.82 Å². The van der Waals surface area contributed by atoms with Crippen molar-refractivity contribution in [3.05, 3.63) is 48.6 Å². The molecular formula is C41H73O11P. The second kappa shape index (κ2) is 36.8. The third-order valence-corrected chi connectivity index (χ3v) is 9.17. The van der Waals surface area contributed by atoms with Crippen LogP contribution in [0.1, 0.15) is 149 Å². The van der Waals surface area contributed by atoms with E-state index in [0.717, 1.165) is 70.1 Å². The first-order chi connectivity index (χ1) is 25.6. The lowest BCUT2D eigenvalue weighted by Crippen LogP contribution is -2.29. The van der Waals surface area contributed by atoms with E-state index in [0.29, 0.717) is 19.3 Å². The molecule has 0 heterocycles. The Morgan fingerprint density at radius 2 is 1.09 bits per heavy atom. The summed E-state index contributed by atoms with van der Waals surface area (Å²) in [5, 5.41) is 27.1. The molecule has 0 saturated carbocycles. The molecule has 12 heteroatoms. The van der Waals surface area contributed by atoms with Gasteiger partial charge in [0.1, 0.15) is 12.7 Å². The van der Waals surface area contributed by atoms with Gasteiger partial charge in [0, 0.05) is 19.4 Å². The lowest BCUT2D eigenvalue weighted by molar-refractivity contribution is -0.161. The maximum Gasteiger partial charge on any atom is 0.472 e. The summed E-state index contributed by atoms with van der Waals surface area (Å²) in [7, 11) is -4.63. The number of rotatable bonds is 37. The van der Waals surface area contributed by atoms with Crippen molar-refractivity contribution < 1.29 is 52.9 Å². The van der Waals surface area contributed by atoms with Crippen LogP contribution < -0.4 is 0 Å². The molecule has 0 aliphatic heterocycles. The quantitative estimate of drug-likeness (QED) is 0.0206. The molecule has 3 atom stereocenters. The Labute approximate surface area is 320 Å². The van der Waals surface area contributed by atoms with Crippen molar-refractivity contribution in [2.45, 2.75) is 161 Å². The zero-order valence-corrected chi connectivity index (χ0v) is 33.7. The van der Waals surface area contributed by atoms with Crippen LogP contribution in [0.25, 0.3) is 0 Å². The zero-order chi connectivity index (χ0) is 39.3. The van der Waals surface area contributed by atoms with E-state index in [-0.39, 0.29) is 26.1 Å². The van der Waals surface area contributed by atoms with Crippen molar-refractivity contribution in [3.8, 4) is 0 Å². The van der Waals surface area contributed by atoms with Crippen molar-refractivity contribution in [1.82, 2.24) is 0 Å². The van der Waals surface area contributed by atoms with E-state index < -0.39 is 51.8 Å². The average Bonchev–Trinajstić information content (AvgIpc) is 3.13. The number of aliphatic hydroxyl groups is 3. The molecule has 0 bridgehead atoms. The van der Waals surface area contributed by atoms with Crippen LogP contribution in [0.2, 0.25) is 0 Å². The summed E-state index contributed by atoms with van der Waals surface area (Å²) in [4.78, 5) is 34.8. The highest BCUT2D eigenvalue weighted by Crippen LogP contribution is 2.43. The van der Waals surface area contributed by atoms with E-state index in [1.807, 2.05) is 12.2 Å². The first kappa shape index (κ1) is 50.9. The Morgan fingerprint density at radius 1 is 0.604 bits per heavy atom.